The predicted octanol–water partition coefficient (Wildman–Crippen LogP) is 4.17. The summed E-state index contributed by atoms with van der Waals surface area (Å²) >= 11 is 2.76. The molecule has 1 saturated heterocycles. The van der Waals surface area contributed by atoms with Crippen molar-refractivity contribution in [2.75, 3.05) is 18.8 Å². The number of piperidine rings is 1. The van der Waals surface area contributed by atoms with Crippen LogP contribution in [-0.4, -0.2) is 39.2 Å². The van der Waals surface area contributed by atoms with E-state index in [0.717, 1.165) is 42.7 Å². The molecule has 4 rings (SSSR count). The maximum absolute atomic E-state index is 13.2. The summed E-state index contributed by atoms with van der Waals surface area (Å²) in [5.74, 6) is 0.421. The van der Waals surface area contributed by atoms with Gasteiger partial charge in [0.25, 0.3) is 5.56 Å². The molecule has 0 atom stereocenters. The normalized spacial score (nSPS) is 14.6. The lowest BCUT2D eigenvalue weighted by atomic mass is 10.1. The number of rotatable bonds is 4. The fourth-order valence-corrected chi connectivity index (χ4v) is 5.21. The number of fused-ring (bicyclic) bond motifs is 1. The van der Waals surface area contributed by atoms with E-state index in [-0.39, 0.29) is 11.5 Å². The maximum atomic E-state index is 13.2. The van der Waals surface area contributed by atoms with Crippen molar-refractivity contribution in [1.82, 2.24) is 14.5 Å². The molecule has 2 aromatic heterocycles. The highest BCUT2D eigenvalue weighted by Gasteiger charge is 2.20. The van der Waals surface area contributed by atoms with Gasteiger partial charge in [0.1, 0.15) is 4.70 Å². The zero-order valence-corrected chi connectivity index (χ0v) is 17.7. The SMILES string of the molecule is Cc1cccc(-n2c(SCC(=O)N3CCCCC3)nc3ccsc3c2=O)c1C. The molecule has 1 fully saturated rings. The first kappa shape index (κ1) is 19.2. The first-order valence-electron chi connectivity index (χ1n) is 9.53. The average molecular weight is 414 g/mol. The van der Waals surface area contributed by atoms with E-state index in [9.17, 15) is 9.59 Å². The summed E-state index contributed by atoms with van der Waals surface area (Å²) in [6.07, 6.45) is 3.34. The van der Waals surface area contributed by atoms with Crippen LogP contribution in [-0.2, 0) is 4.79 Å². The number of thioether (sulfide) groups is 1. The maximum Gasteiger partial charge on any atom is 0.276 e. The van der Waals surface area contributed by atoms with E-state index < -0.39 is 0 Å². The standard InChI is InChI=1S/C21H23N3O2S2/c1-14-7-6-8-17(15(14)2)24-20(26)19-16(9-12-27-19)22-21(24)28-13-18(25)23-10-4-3-5-11-23/h6-9,12H,3-5,10-11,13H2,1-2H3. The third-order valence-corrected chi connectivity index (χ3v) is 7.11. The number of likely N-dealkylation sites (tertiary alicyclic amines) is 1. The lowest BCUT2D eigenvalue weighted by molar-refractivity contribution is -0.129. The Bertz CT molecular complexity index is 1080. The quantitative estimate of drug-likeness (QED) is 0.476. The second-order valence-corrected chi connectivity index (χ2v) is 8.98. The number of carbonyl (C=O) groups is 1. The molecule has 1 aromatic carbocycles. The minimum Gasteiger partial charge on any atom is -0.342 e. The van der Waals surface area contributed by atoms with Crippen LogP contribution < -0.4 is 5.56 Å². The molecule has 0 unspecified atom stereocenters. The van der Waals surface area contributed by atoms with E-state index in [1.165, 1.54) is 29.5 Å². The first-order chi connectivity index (χ1) is 13.6. The molecule has 0 spiro atoms. The van der Waals surface area contributed by atoms with Crippen molar-refractivity contribution >= 4 is 39.2 Å². The van der Waals surface area contributed by atoms with E-state index in [1.807, 2.05) is 48.4 Å². The van der Waals surface area contributed by atoms with Crippen LogP contribution in [0.2, 0.25) is 0 Å². The number of hydrogen-bond acceptors (Lipinski definition) is 5. The van der Waals surface area contributed by atoms with Crippen molar-refractivity contribution < 1.29 is 4.79 Å². The van der Waals surface area contributed by atoms with Gasteiger partial charge < -0.3 is 4.90 Å². The van der Waals surface area contributed by atoms with E-state index in [2.05, 4.69) is 0 Å². The fraction of sp³-hybridized carbons (Fsp3) is 0.381. The zero-order chi connectivity index (χ0) is 19.7. The smallest absolute Gasteiger partial charge is 0.276 e. The van der Waals surface area contributed by atoms with E-state index >= 15 is 0 Å². The summed E-state index contributed by atoms with van der Waals surface area (Å²) in [6.45, 7) is 5.72. The van der Waals surface area contributed by atoms with Crippen LogP contribution >= 0.6 is 23.1 Å². The summed E-state index contributed by atoms with van der Waals surface area (Å²) in [5.41, 5.74) is 3.63. The molecule has 146 valence electrons. The van der Waals surface area contributed by atoms with Gasteiger partial charge in [-0.2, -0.15) is 0 Å². The zero-order valence-electron chi connectivity index (χ0n) is 16.1. The molecule has 3 aromatic rings. The number of aryl methyl sites for hydroxylation is 1. The summed E-state index contributed by atoms with van der Waals surface area (Å²) in [6, 6.07) is 7.80. The third kappa shape index (κ3) is 3.61. The largest absolute Gasteiger partial charge is 0.342 e. The summed E-state index contributed by atoms with van der Waals surface area (Å²) in [4.78, 5) is 32.5. The first-order valence-corrected chi connectivity index (χ1v) is 11.4. The van der Waals surface area contributed by atoms with Crippen molar-refractivity contribution in [2.24, 2.45) is 0 Å². The van der Waals surface area contributed by atoms with Crippen LogP contribution in [0.4, 0.5) is 0 Å². The third-order valence-electron chi connectivity index (χ3n) is 5.30. The van der Waals surface area contributed by atoms with E-state index in [1.54, 1.807) is 4.57 Å². The summed E-state index contributed by atoms with van der Waals surface area (Å²) in [5, 5.41) is 2.47. The highest BCUT2D eigenvalue weighted by atomic mass is 32.2. The minimum atomic E-state index is -0.0679. The van der Waals surface area contributed by atoms with Gasteiger partial charge in [-0.1, -0.05) is 23.9 Å². The van der Waals surface area contributed by atoms with Crippen LogP contribution in [0.25, 0.3) is 15.9 Å². The fourth-order valence-electron chi connectivity index (χ4n) is 3.54. The highest BCUT2D eigenvalue weighted by molar-refractivity contribution is 7.99. The van der Waals surface area contributed by atoms with E-state index in [4.69, 9.17) is 4.98 Å². The second kappa shape index (κ2) is 8.09. The molecule has 1 aliphatic heterocycles. The van der Waals surface area contributed by atoms with Crippen LogP contribution in [0.15, 0.2) is 39.6 Å². The lowest BCUT2D eigenvalue weighted by Crippen LogP contribution is -2.36. The van der Waals surface area contributed by atoms with Gasteiger partial charge in [0.2, 0.25) is 5.91 Å². The van der Waals surface area contributed by atoms with Crippen molar-refractivity contribution in [3.8, 4) is 5.69 Å². The van der Waals surface area contributed by atoms with Gasteiger partial charge in [0.15, 0.2) is 5.16 Å². The van der Waals surface area contributed by atoms with Gasteiger partial charge in [-0.3, -0.25) is 14.2 Å². The summed E-state index contributed by atoms with van der Waals surface area (Å²) in [7, 11) is 0. The number of carbonyl (C=O) groups excluding carboxylic acids is 1. The van der Waals surface area contributed by atoms with Gasteiger partial charge in [0.05, 0.1) is 17.0 Å². The van der Waals surface area contributed by atoms with Crippen LogP contribution in [0.1, 0.15) is 30.4 Å². The molecule has 1 amide bonds. The Morgan fingerprint density at radius 1 is 1.18 bits per heavy atom. The van der Waals surface area contributed by atoms with Gasteiger partial charge in [-0.05, 0) is 61.7 Å². The van der Waals surface area contributed by atoms with Crippen LogP contribution in [0.3, 0.4) is 0 Å². The Labute approximate surface area is 172 Å². The number of nitrogens with zero attached hydrogens (tertiary/aromatic N) is 3. The molecule has 0 saturated carbocycles. The van der Waals surface area contributed by atoms with Crippen molar-refractivity contribution in [3.63, 3.8) is 0 Å². The molecule has 0 bridgehead atoms. The lowest BCUT2D eigenvalue weighted by Gasteiger charge is -2.26. The molecule has 3 heterocycles. The Morgan fingerprint density at radius 3 is 2.75 bits per heavy atom. The molecular weight excluding hydrogens is 390 g/mol. The molecule has 0 radical (unpaired) electrons. The number of amides is 1. The average Bonchev–Trinajstić information content (AvgIpc) is 3.18. The number of thiophene rings is 1. The number of hydrogen-bond donors (Lipinski definition) is 0. The predicted molar refractivity (Wildman–Crippen MR) is 116 cm³/mol. The molecule has 7 heteroatoms. The van der Waals surface area contributed by atoms with Gasteiger partial charge in [-0.15, -0.1) is 11.3 Å². The molecule has 5 nitrogen and oxygen atoms in total. The van der Waals surface area contributed by atoms with Crippen molar-refractivity contribution in [2.45, 2.75) is 38.3 Å². The molecule has 0 aliphatic carbocycles. The minimum absolute atomic E-state index is 0.0679. The molecular formula is C21H23N3O2S2. The highest BCUT2D eigenvalue weighted by Crippen LogP contribution is 2.26. The molecule has 28 heavy (non-hydrogen) atoms. The van der Waals surface area contributed by atoms with Gasteiger partial charge in [-0.25, -0.2) is 4.98 Å². The topological polar surface area (TPSA) is 55.2 Å². The monoisotopic (exact) mass is 413 g/mol. The Kier molecular flexibility index (Phi) is 5.55. The molecule has 0 N–H and O–H groups in total. The van der Waals surface area contributed by atoms with Gasteiger partial charge >= 0.3 is 0 Å². The van der Waals surface area contributed by atoms with Crippen LogP contribution in [0, 0.1) is 13.8 Å². The van der Waals surface area contributed by atoms with Crippen molar-refractivity contribution in [3.05, 3.63) is 51.1 Å². The van der Waals surface area contributed by atoms with Crippen molar-refractivity contribution in [1.29, 1.82) is 0 Å². The second-order valence-electron chi connectivity index (χ2n) is 7.12. The van der Waals surface area contributed by atoms with E-state index in [0.29, 0.717) is 21.1 Å². The number of aromatic nitrogens is 2. The Hall–Kier alpha value is -2.12. The van der Waals surface area contributed by atoms with Gasteiger partial charge in [0, 0.05) is 13.1 Å². The summed E-state index contributed by atoms with van der Waals surface area (Å²) < 4.78 is 2.32. The molecule has 1 aliphatic rings. The van der Waals surface area contributed by atoms with Crippen LogP contribution in [0.5, 0.6) is 0 Å². The Morgan fingerprint density at radius 2 is 1.96 bits per heavy atom. The Balaban J connectivity index is 1.73. The number of benzene rings is 1.